The number of aliphatic hydroxyl groups is 1. The first kappa shape index (κ1) is 27.0. The largest absolute Gasteiger partial charge is 0.544 e. The fourth-order valence-corrected chi connectivity index (χ4v) is 5.50. The van der Waals surface area contributed by atoms with E-state index in [1.807, 2.05) is 24.3 Å². The average Bonchev–Trinajstić information content (AvgIpc) is 2.84. The lowest BCUT2D eigenvalue weighted by Gasteiger charge is -2.48. The zero-order chi connectivity index (χ0) is 27.0. The van der Waals surface area contributed by atoms with Crippen LogP contribution in [0.2, 0.25) is 18.1 Å². The van der Waals surface area contributed by atoms with Gasteiger partial charge in [-0.15, -0.1) is 0 Å². The predicted molar refractivity (Wildman–Crippen MR) is 145 cm³/mol. The number of β-lactam (4-membered cyclic amide) rings is 1. The minimum Gasteiger partial charge on any atom is -0.544 e. The number of anilines is 1. The Bertz CT molecular complexity index is 1220. The van der Waals surface area contributed by atoms with E-state index in [-0.39, 0.29) is 34.5 Å². The normalized spacial score (nSPS) is 18.9. The van der Waals surface area contributed by atoms with Gasteiger partial charge in [-0.3, -0.25) is 4.79 Å². The number of aliphatic hydroxyl groups excluding tert-OH is 1. The molecule has 196 valence electrons. The fourth-order valence-electron chi connectivity index (χ4n) is 4.47. The summed E-state index contributed by atoms with van der Waals surface area (Å²) in [5, 5.41) is 10.7. The van der Waals surface area contributed by atoms with Crippen molar-refractivity contribution in [3.63, 3.8) is 0 Å². The lowest BCUT2D eigenvalue weighted by molar-refractivity contribution is -0.131. The summed E-state index contributed by atoms with van der Waals surface area (Å²) in [5.74, 6) is -0.324. The predicted octanol–water partition coefficient (Wildman–Crippen LogP) is 7.57. The van der Waals surface area contributed by atoms with Crippen LogP contribution in [0.1, 0.15) is 56.9 Å². The zero-order valence-corrected chi connectivity index (χ0v) is 23.0. The Morgan fingerprint density at radius 1 is 0.919 bits per heavy atom. The fraction of sp³-hybridized carbons (Fsp3) is 0.367. The van der Waals surface area contributed by atoms with Crippen LogP contribution in [0.15, 0.2) is 72.8 Å². The van der Waals surface area contributed by atoms with Crippen LogP contribution in [0.3, 0.4) is 0 Å². The second kappa shape index (κ2) is 10.4. The van der Waals surface area contributed by atoms with Crippen LogP contribution >= 0.6 is 0 Å². The van der Waals surface area contributed by atoms with Crippen LogP contribution < -0.4 is 9.33 Å². The molecule has 1 amide bonds. The molecule has 0 aliphatic carbocycles. The van der Waals surface area contributed by atoms with Crippen molar-refractivity contribution in [3.05, 3.63) is 95.6 Å². The summed E-state index contributed by atoms with van der Waals surface area (Å²) in [5.41, 5.74) is 2.20. The molecule has 0 bridgehead atoms. The maximum absolute atomic E-state index is 13.6. The number of hydrogen-bond donors (Lipinski definition) is 1. The number of hydrogen-bond acceptors (Lipinski definition) is 3. The molecule has 1 aliphatic heterocycles. The highest BCUT2D eigenvalue weighted by molar-refractivity contribution is 6.74. The van der Waals surface area contributed by atoms with Gasteiger partial charge in [-0.25, -0.2) is 8.78 Å². The third-order valence-corrected chi connectivity index (χ3v) is 12.1. The van der Waals surface area contributed by atoms with Crippen LogP contribution in [-0.4, -0.2) is 19.3 Å². The average molecular weight is 524 g/mol. The molecule has 1 heterocycles. The number of carbonyl (C=O) groups is 1. The van der Waals surface area contributed by atoms with Crippen molar-refractivity contribution in [2.45, 2.75) is 63.9 Å². The summed E-state index contributed by atoms with van der Waals surface area (Å²) in [4.78, 5) is 15.0. The molecule has 4 nitrogen and oxygen atoms in total. The Hall–Kier alpha value is -3.03. The van der Waals surface area contributed by atoms with Crippen LogP contribution in [-0.2, 0) is 4.79 Å². The molecule has 0 unspecified atom stereocenters. The number of halogens is 2. The summed E-state index contributed by atoms with van der Waals surface area (Å²) < 4.78 is 33.2. The van der Waals surface area contributed by atoms with Crippen molar-refractivity contribution < 1.29 is 23.1 Å². The molecule has 7 heteroatoms. The first-order valence-corrected chi connectivity index (χ1v) is 15.6. The second-order valence-corrected chi connectivity index (χ2v) is 16.0. The van der Waals surface area contributed by atoms with Crippen LogP contribution in [0, 0.1) is 17.6 Å². The smallest absolute Gasteiger partial charge is 0.250 e. The van der Waals surface area contributed by atoms with E-state index in [1.54, 1.807) is 29.2 Å². The lowest BCUT2D eigenvalue weighted by Crippen LogP contribution is -2.55. The molecule has 4 rings (SSSR count). The molecule has 1 fully saturated rings. The molecule has 1 aliphatic rings. The lowest BCUT2D eigenvalue weighted by atomic mass is 9.78. The molecule has 3 atom stereocenters. The monoisotopic (exact) mass is 523 g/mol. The van der Waals surface area contributed by atoms with Gasteiger partial charge >= 0.3 is 0 Å². The van der Waals surface area contributed by atoms with Gasteiger partial charge in [0.25, 0.3) is 0 Å². The second-order valence-electron chi connectivity index (χ2n) is 11.3. The maximum atomic E-state index is 13.6. The minimum absolute atomic E-state index is 0.0653. The van der Waals surface area contributed by atoms with E-state index in [2.05, 4.69) is 33.9 Å². The summed E-state index contributed by atoms with van der Waals surface area (Å²) >= 11 is 0. The Balaban J connectivity index is 1.56. The number of amides is 1. The zero-order valence-electron chi connectivity index (χ0n) is 22.0. The quantitative estimate of drug-likeness (QED) is 0.245. The summed E-state index contributed by atoms with van der Waals surface area (Å²) in [6.45, 7) is 11.0. The first-order valence-electron chi connectivity index (χ1n) is 12.7. The highest BCUT2D eigenvalue weighted by atomic mass is 28.4. The summed E-state index contributed by atoms with van der Waals surface area (Å²) in [6.07, 6.45) is 0.0268. The van der Waals surface area contributed by atoms with Gasteiger partial charge in [0, 0.05) is 5.69 Å². The van der Waals surface area contributed by atoms with E-state index >= 15 is 0 Å². The number of benzene rings is 3. The van der Waals surface area contributed by atoms with Crippen molar-refractivity contribution in [1.82, 2.24) is 0 Å². The first-order chi connectivity index (χ1) is 17.4. The summed E-state index contributed by atoms with van der Waals surface area (Å²) in [7, 11) is -1.99. The van der Waals surface area contributed by atoms with Crippen LogP contribution in [0.25, 0.3) is 0 Å². The molecule has 0 aromatic heterocycles. The van der Waals surface area contributed by atoms with Gasteiger partial charge in [-0.2, -0.15) is 0 Å². The Labute approximate surface area is 219 Å². The van der Waals surface area contributed by atoms with E-state index in [9.17, 15) is 18.7 Å². The van der Waals surface area contributed by atoms with Crippen molar-refractivity contribution in [2.75, 3.05) is 4.90 Å². The number of nitrogens with zero attached hydrogens (tertiary/aromatic N) is 1. The third kappa shape index (κ3) is 5.78. The Morgan fingerprint density at radius 2 is 1.46 bits per heavy atom. The SMILES string of the molecule is CC(C)(C)[Si](C)(C)Oc1ccc([C@@H]2[C@@H](CC[C@H](O)c3ccc(F)cc3)C(=O)N2c2ccc(F)cc2)cc1. The highest BCUT2D eigenvalue weighted by Gasteiger charge is 2.48. The molecule has 0 spiro atoms. The van der Waals surface area contributed by atoms with E-state index < -0.39 is 14.4 Å². The van der Waals surface area contributed by atoms with Gasteiger partial charge in [-0.05, 0) is 90.6 Å². The van der Waals surface area contributed by atoms with E-state index in [0.717, 1.165) is 11.3 Å². The van der Waals surface area contributed by atoms with Crippen molar-refractivity contribution in [2.24, 2.45) is 5.92 Å². The van der Waals surface area contributed by atoms with Crippen molar-refractivity contribution >= 4 is 19.9 Å². The molecule has 0 radical (unpaired) electrons. The highest BCUT2D eigenvalue weighted by Crippen LogP contribution is 2.47. The number of rotatable bonds is 8. The Kier molecular flexibility index (Phi) is 7.58. The molecule has 1 saturated heterocycles. The van der Waals surface area contributed by atoms with E-state index in [1.165, 1.54) is 24.3 Å². The van der Waals surface area contributed by atoms with Gasteiger partial charge in [0.05, 0.1) is 18.1 Å². The number of carbonyl (C=O) groups excluding carboxylic acids is 1. The molecule has 3 aromatic rings. The molecular weight excluding hydrogens is 488 g/mol. The van der Waals surface area contributed by atoms with Gasteiger partial charge in [-0.1, -0.05) is 45.0 Å². The standard InChI is InChI=1S/C30H35F2NO3Si/c1-30(2,3)37(4,5)36-25-16-8-21(9-17-25)28-26(18-19-27(34)20-6-10-22(31)11-7-20)29(35)33(28)24-14-12-23(32)13-15-24/h6-17,26-28,34H,18-19H2,1-5H3/t26-,27+,28-/m1/s1. The van der Waals surface area contributed by atoms with Crippen molar-refractivity contribution in [3.8, 4) is 5.75 Å². The van der Waals surface area contributed by atoms with Gasteiger partial charge in [0.2, 0.25) is 14.2 Å². The summed E-state index contributed by atoms with van der Waals surface area (Å²) in [6, 6.07) is 19.3. The Morgan fingerprint density at radius 3 is 2.00 bits per heavy atom. The molecule has 1 N–H and O–H groups in total. The maximum Gasteiger partial charge on any atom is 0.250 e. The van der Waals surface area contributed by atoms with Crippen molar-refractivity contribution in [1.29, 1.82) is 0 Å². The third-order valence-electron chi connectivity index (χ3n) is 7.73. The van der Waals surface area contributed by atoms with Gasteiger partial charge in [0.15, 0.2) is 0 Å². The van der Waals surface area contributed by atoms with Crippen LogP contribution in [0.5, 0.6) is 5.75 Å². The molecule has 3 aromatic carbocycles. The molecule has 0 saturated carbocycles. The van der Waals surface area contributed by atoms with E-state index in [4.69, 9.17) is 4.43 Å². The van der Waals surface area contributed by atoms with E-state index in [0.29, 0.717) is 24.1 Å². The van der Waals surface area contributed by atoms with Gasteiger partial charge in [0.1, 0.15) is 17.4 Å². The van der Waals surface area contributed by atoms with Crippen LogP contribution in [0.4, 0.5) is 14.5 Å². The molecule has 37 heavy (non-hydrogen) atoms. The topological polar surface area (TPSA) is 49.8 Å². The minimum atomic E-state index is -1.99. The van der Waals surface area contributed by atoms with Gasteiger partial charge < -0.3 is 14.4 Å². The molecular formula is C30H35F2NO3Si.